The summed E-state index contributed by atoms with van der Waals surface area (Å²) in [5.74, 6) is 0.795. The number of hydrogen-bond donors (Lipinski definition) is 3. The number of furan rings is 1. The van der Waals surface area contributed by atoms with Crippen molar-refractivity contribution >= 4 is 33.5 Å². The summed E-state index contributed by atoms with van der Waals surface area (Å²) >= 11 is 0. The molecule has 8 heteroatoms. The van der Waals surface area contributed by atoms with E-state index in [1.165, 1.54) is 5.56 Å². The van der Waals surface area contributed by atoms with Gasteiger partial charge in [-0.15, -0.1) is 0 Å². The highest BCUT2D eigenvalue weighted by Gasteiger charge is 2.31. The van der Waals surface area contributed by atoms with E-state index in [0.717, 1.165) is 66.0 Å². The minimum Gasteiger partial charge on any atom is -0.464 e. The molecule has 0 spiro atoms. The smallest absolute Gasteiger partial charge is 0.143 e. The number of aromatic amines is 1. The Kier molecular flexibility index (Phi) is 4.90. The zero-order valence-electron chi connectivity index (χ0n) is 17.0. The molecule has 0 saturated carbocycles. The van der Waals surface area contributed by atoms with Crippen LogP contribution in [0.2, 0.25) is 0 Å². The van der Waals surface area contributed by atoms with Crippen LogP contribution in [0.4, 0.5) is 11.5 Å². The second-order valence-corrected chi connectivity index (χ2v) is 8.13. The molecular weight excluding hydrogens is 380 g/mol. The quantitative estimate of drug-likeness (QED) is 0.451. The number of H-pyrrole nitrogens is 1. The number of ether oxygens (including phenoxy) is 1. The van der Waals surface area contributed by atoms with Gasteiger partial charge in [0.1, 0.15) is 23.4 Å². The van der Waals surface area contributed by atoms with Crippen molar-refractivity contribution in [2.24, 2.45) is 5.73 Å². The number of piperidine rings is 1. The lowest BCUT2D eigenvalue weighted by Gasteiger charge is -2.38. The van der Waals surface area contributed by atoms with Gasteiger partial charge in [0.15, 0.2) is 0 Å². The van der Waals surface area contributed by atoms with Crippen LogP contribution in [0.1, 0.15) is 18.4 Å². The van der Waals surface area contributed by atoms with E-state index in [-0.39, 0.29) is 5.54 Å². The molecule has 30 heavy (non-hydrogen) atoms. The van der Waals surface area contributed by atoms with Crippen LogP contribution in [-0.2, 0) is 11.3 Å². The van der Waals surface area contributed by atoms with Crippen LogP contribution in [0.25, 0.3) is 22.0 Å². The zero-order chi connectivity index (χ0) is 20.6. The molecule has 5 rings (SSSR count). The molecular formula is C22H26N6O2. The summed E-state index contributed by atoms with van der Waals surface area (Å²) in [4.78, 5) is 14.6. The summed E-state index contributed by atoms with van der Waals surface area (Å²) in [5, 5.41) is 5.52. The summed E-state index contributed by atoms with van der Waals surface area (Å²) in [5.41, 5.74) is 10.1. The van der Waals surface area contributed by atoms with Crippen molar-refractivity contribution in [2.75, 3.05) is 32.1 Å². The maximum Gasteiger partial charge on any atom is 0.143 e. The maximum atomic E-state index is 6.44. The van der Waals surface area contributed by atoms with Gasteiger partial charge >= 0.3 is 0 Å². The Balaban J connectivity index is 1.38. The second kappa shape index (κ2) is 7.71. The van der Waals surface area contributed by atoms with Crippen molar-refractivity contribution in [3.63, 3.8) is 0 Å². The molecule has 4 aromatic rings. The SMILES string of the molecule is COCC1(N)CCN(Cc2c[nH]c3ncnc(Nc4ccc5occc5c4)c23)CC1. The van der Waals surface area contributed by atoms with E-state index in [9.17, 15) is 0 Å². The highest BCUT2D eigenvalue weighted by atomic mass is 16.5. The second-order valence-electron chi connectivity index (χ2n) is 8.13. The number of hydrogen-bond acceptors (Lipinski definition) is 7. The van der Waals surface area contributed by atoms with Gasteiger partial charge in [-0.25, -0.2) is 9.97 Å². The molecule has 0 aliphatic carbocycles. The fraction of sp³-hybridized carbons (Fsp3) is 0.364. The van der Waals surface area contributed by atoms with Gasteiger partial charge in [0, 0.05) is 49.6 Å². The standard InChI is InChI=1S/C22H26N6O2/c1-29-13-22(23)5-7-28(8-6-22)12-16-11-24-20-19(16)21(26-14-25-20)27-17-2-3-18-15(10-17)4-9-30-18/h2-4,9-11,14H,5-8,12-13,23H2,1H3,(H2,24,25,26,27). The highest BCUT2D eigenvalue weighted by molar-refractivity contribution is 5.93. The van der Waals surface area contributed by atoms with Gasteiger partial charge in [0.25, 0.3) is 0 Å². The predicted octanol–water partition coefficient (Wildman–Crippen LogP) is 3.39. The van der Waals surface area contributed by atoms with Gasteiger partial charge in [0.2, 0.25) is 0 Å². The first-order chi connectivity index (χ1) is 14.6. The monoisotopic (exact) mass is 406 g/mol. The van der Waals surface area contributed by atoms with Crippen LogP contribution in [0.3, 0.4) is 0 Å². The van der Waals surface area contributed by atoms with E-state index in [1.54, 1.807) is 19.7 Å². The largest absolute Gasteiger partial charge is 0.464 e. The number of anilines is 2. The minimum atomic E-state index is -0.215. The molecule has 0 unspecified atom stereocenters. The van der Waals surface area contributed by atoms with Crippen LogP contribution in [0.5, 0.6) is 0 Å². The lowest BCUT2D eigenvalue weighted by molar-refractivity contribution is 0.0750. The normalized spacial score (nSPS) is 17.0. The zero-order valence-corrected chi connectivity index (χ0v) is 17.0. The first-order valence-electron chi connectivity index (χ1n) is 10.2. The molecule has 8 nitrogen and oxygen atoms in total. The molecule has 156 valence electrons. The van der Waals surface area contributed by atoms with E-state index in [1.807, 2.05) is 24.4 Å². The molecule has 1 aliphatic rings. The van der Waals surface area contributed by atoms with Crippen LogP contribution < -0.4 is 11.1 Å². The molecule has 1 aliphatic heterocycles. The van der Waals surface area contributed by atoms with E-state index in [0.29, 0.717) is 6.61 Å². The number of nitrogens with zero attached hydrogens (tertiary/aromatic N) is 3. The number of methoxy groups -OCH3 is 1. The van der Waals surface area contributed by atoms with Gasteiger partial charge in [-0.1, -0.05) is 0 Å². The number of likely N-dealkylation sites (tertiary alicyclic amines) is 1. The average Bonchev–Trinajstić information content (AvgIpc) is 3.37. The average molecular weight is 406 g/mol. The van der Waals surface area contributed by atoms with Gasteiger partial charge < -0.3 is 25.2 Å². The van der Waals surface area contributed by atoms with Crippen LogP contribution in [0, 0.1) is 0 Å². The Morgan fingerprint density at radius 3 is 2.97 bits per heavy atom. The lowest BCUT2D eigenvalue weighted by Crippen LogP contribution is -2.52. The minimum absolute atomic E-state index is 0.215. The van der Waals surface area contributed by atoms with Crippen LogP contribution in [-0.4, -0.2) is 52.2 Å². The Labute approximate surface area is 174 Å². The van der Waals surface area contributed by atoms with Gasteiger partial charge in [-0.2, -0.15) is 0 Å². The molecule has 0 bridgehead atoms. The third kappa shape index (κ3) is 3.65. The van der Waals surface area contributed by atoms with Crippen molar-refractivity contribution in [3.05, 3.63) is 48.6 Å². The topological polar surface area (TPSA) is 105 Å². The summed E-state index contributed by atoms with van der Waals surface area (Å²) in [6.45, 7) is 3.32. The number of benzene rings is 1. The van der Waals surface area contributed by atoms with Crippen molar-refractivity contribution in [1.82, 2.24) is 19.9 Å². The number of nitrogens with two attached hydrogens (primary N) is 1. The van der Waals surface area contributed by atoms with Crippen molar-refractivity contribution in [3.8, 4) is 0 Å². The van der Waals surface area contributed by atoms with Gasteiger partial charge in [-0.3, -0.25) is 4.90 Å². The molecule has 1 saturated heterocycles. The first-order valence-corrected chi connectivity index (χ1v) is 10.2. The molecule has 1 fully saturated rings. The van der Waals surface area contributed by atoms with Crippen LogP contribution >= 0.6 is 0 Å². The molecule has 0 radical (unpaired) electrons. The first kappa shape index (κ1) is 19.0. The molecule has 4 N–H and O–H groups in total. The Morgan fingerprint density at radius 1 is 1.27 bits per heavy atom. The van der Waals surface area contributed by atoms with E-state index >= 15 is 0 Å². The number of rotatable bonds is 6. The van der Waals surface area contributed by atoms with Gasteiger partial charge in [0.05, 0.1) is 18.3 Å². The molecule has 1 aromatic carbocycles. The fourth-order valence-electron chi connectivity index (χ4n) is 4.26. The van der Waals surface area contributed by atoms with Crippen molar-refractivity contribution in [2.45, 2.75) is 24.9 Å². The fourth-order valence-corrected chi connectivity index (χ4v) is 4.26. The lowest BCUT2D eigenvalue weighted by atomic mass is 9.89. The van der Waals surface area contributed by atoms with E-state index < -0.39 is 0 Å². The summed E-state index contributed by atoms with van der Waals surface area (Å²) < 4.78 is 10.7. The Morgan fingerprint density at radius 2 is 2.13 bits per heavy atom. The Bertz CT molecular complexity index is 1160. The molecule has 0 atom stereocenters. The third-order valence-electron chi connectivity index (χ3n) is 5.94. The molecule has 3 aromatic heterocycles. The van der Waals surface area contributed by atoms with Crippen molar-refractivity contribution in [1.29, 1.82) is 0 Å². The molecule has 0 amide bonds. The predicted molar refractivity (Wildman–Crippen MR) is 117 cm³/mol. The Hall–Kier alpha value is -2.94. The number of fused-ring (bicyclic) bond motifs is 2. The maximum absolute atomic E-state index is 6.44. The summed E-state index contributed by atoms with van der Waals surface area (Å²) in [6.07, 6.45) is 7.16. The number of aromatic nitrogens is 3. The summed E-state index contributed by atoms with van der Waals surface area (Å²) in [6, 6.07) is 7.96. The van der Waals surface area contributed by atoms with E-state index in [4.69, 9.17) is 14.9 Å². The van der Waals surface area contributed by atoms with Crippen LogP contribution in [0.15, 0.2) is 47.5 Å². The molecule has 4 heterocycles. The number of nitrogens with one attached hydrogen (secondary N) is 2. The summed E-state index contributed by atoms with van der Waals surface area (Å²) in [7, 11) is 1.71. The van der Waals surface area contributed by atoms with Crippen molar-refractivity contribution < 1.29 is 9.15 Å². The third-order valence-corrected chi connectivity index (χ3v) is 5.94. The van der Waals surface area contributed by atoms with E-state index in [2.05, 4.69) is 31.2 Å². The van der Waals surface area contributed by atoms with Gasteiger partial charge in [-0.05, 0) is 42.7 Å². The highest BCUT2D eigenvalue weighted by Crippen LogP contribution is 2.30.